The maximum atomic E-state index is 11.4. The quantitative estimate of drug-likeness (QED) is 0.839. The summed E-state index contributed by atoms with van der Waals surface area (Å²) in [6, 6.07) is 8.17. The number of piperazine rings is 1. The predicted octanol–water partition coefficient (Wildman–Crippen LogP) is 1.62. The summed E-state index contributed by atoms with van der Waals surface area (Å²) >= 11 is 0. The minimum atomic E-state index is -0.225. The Morgan fingerprint density at radius 3 is 2.60 bits per heavy atom. The van der Waals surface area contributed by atoms with Crippen molar-refractivity contribution in [2.24, 2.45) is 0 Å². The van der Waals surface area contributed by atoms with Crippen molar-refractivity contribution in [2.45, 2.75) is 6.42 Å². The highest BCUT2D eigenvalue weighted by Crippen LogP contribution is 2.13. The summed E-state index contributed by atoms with van der Waals surface area (Å²) in [4.78, 5) is 15.5. The van der Waals surface area contributed by atoms with E-state index >= 15 is 0 Å². The Hall–Kier alpha value is -1.75. The molecule has 20 heavy (non-hydrogen) atoms. The Kier molecular flexibility index (Phi) is 5.24. The molecule has 1 fully saturated rings. The van der Waals surface area contributed by atoms with E-state index in [9.17, 15) is 4.79 Å². The van der Waals surface area contributed by atoms with Crippen LogP contribution in [-0.4, -0.2) is 62.8 Å². The number of nitrogens with zero attached hydrogens (tertiary/aromatic N) is 2. The normalized spacial score (nSPS) is 16.0. The molecule has 5 nitrogen and oxygen atoms in total. The molecule has 0 bridgehead atoms. The third kappa shape index (κ3) is 3.87. The molecule has 0 aliphatic carbocycles. The first kappa shape index (κ1) is 14.7. The Morgan fingerprint density at radius 1 is 1.20 bits per heavy atom. The van der Waals surface area contributed by atoms with Gasteiger partial charge in [-0.15, -0.1) is 0 Å². The molecule has 2 rings (SSSR count). The average molecular weight is 278 g/mol. The molecule has 0 saturated carbocycles. The van der Waals surface area contributed by atoms with Gasteiger partial charge in [0.05, 0.1) is 14.2 Å². The highest BCUT2D eigenvalue weighted by molar-refractivity contribution is 5.67. The Labute approximate surface area is 120 Å². The van der Waals surface area contributed by atoms with Crippen LogP contribution >= 0.6 is 0 Å². The first-order valence-corrected chi connectivity index (χ1v) is 6.91. The molecule has 0 atom stereocenters. The molecule has 0 N–H and O–H groups in total. The van der Waals surface area contributed by atoms with Crippen molar-refractivity contribution in [3.8, 4) is 5.75 Å². The molecule has 1 saturated heterocycles. The summed E-state index contributed by atoms with van der Waals surface area (Å²) in [7, 11) is 3.11. The van der Waals surface area contributed by atoms with Gasteiger partial charge in [-0.2, -0.15) is 0 Å². The molecule has 1 aliphatic heterocycles. The number of carbonyl (C=O) groups is 1. The number of carbonyl (C=O) groups excluding carboxylic acids is 1. The minimum absolute atomic E-state index is 0.225. The molecule has 0 unspecified atom stereocenters. The Morgan fingerprint density at radius 2 is 1.95 bits per heavy atom. The lowest BCUT2D eigenvalue weighted by molar-refractivity contribution is 0.0914. The molecule has 1 amide bonds. The summed E-state index contributed by atoms with van der Waals surface area (Å²) in [6.07, 6.45) is 0.771. The van der Waals surface area contributed by atoms with Gasteiger partial charge in [0.15, 0.2) is 0 Å². The SMILES string of the molecule is COC(=O)N1CCN(CCc2cccc(OC)c2)CC1. The van der Waals surface area contributed by atoms with Crippen molar-refractivity contribution >= 4 is 6.09 Å². The van der Waals surface area contributed by atoms with Crippen LogP contribution in [0.3, 0.4) is 0 Å². The standard InChI is InChI=1S/C15H22N2O3/c1-19-14-5-3-4-13(12-14)6-7-16-8-10-17(11-9-16)15(18)20-2/h3-5,12H,6-11H2,1-2H3. The van der Waals surface area contributed by atoms with Crippen molar-refractivity contribution in [2.75, 3.05) is 46.9 Å². The average Bonchev–Trinajstić information content (AvgIpc) is 2.53. The molecule has 5 heteroatoms. The van der Waals surface area contributed by atoms with Crippen LogP contribution in [0, 0.1) is 0 Å². The number of hydrogen-bond donors (Lipinski definition) is 0. The maximum absolute atomic E-state index is 11.4. The largest absolute Gasteiger partial charge is 0.497 e. The van der Waals surface area contributed by atoms with Crippen LogP contribution in [0.15, 0.2) is 24.3 Å². The molecule has 1 heterocycles. The fraction of sp³-hybridized carbons (Fsp3) is 0.533. The second kappa shape index (κ2) is 7.14. The maximum Gasteiger partial charge on any atom is 0.409 e. The first-order chi connectivity index (χ1) is 9.72. The smallest absolute Gasteiger partial charge is 0.409 e. The molecule has 110 valence electrons. The molecule has 0 spiro atoms. The number of amides is 1. The monoisotopic (exact) mass is 278 g/mol. The van der Waals surface area contributed by atoms with E-state index in [0.717, 1.165) is 44.9 Å². The van der Waals surface area contributed by atoms with Crippen molar-refractivity contribution in [3.05, 3.63) is 29.8 Å². The molecule has 0 radical (unpaired) electrons. The summed E-state index contributed by atoms with van der Waals surface area (Å²) in [5.41, 5.74) is 1.28. The Bertz CT molecular complexity index is 442. The van der Waals surface area contributed by atoms with Gasteiger partial charge in [-0.05, 0) is 24.1 Å². The van der Waals surface area contributed by atoms with Crippen LogP contribution in [0.5, 0.6) is 5.75 Å². The second-order valence-corrected chi connectivity index (χ2v) is 4.90. The highest BCUT2D eigenvalue weighted by Gasteiger charge is 2.20. The van der Waals surface area contributed by atoms with Crippen molar-refractivity contribution in [3.63, 3.8) is 0 Å². The van der Waals surface area contributed by atoms with Crippen molar-refractivity contribution < 1.29 is 14.3 Å². The van der Waals surface area contributed by atoms with Crippen LogP contribution in [0.1, 0.15) is 5.56 Å². The van der Waals surface area contributed by atoms with Crippen LogP contribution in [0.25, 0.3) is 0 Å². The van der Waals surface area contributed by atoms with Gasteiger partial charge < -0.3 is 14.4 Å². The number of methoxy groups -OCH3 is 2. The fourth-order valence-corrected chi connectivity index (χ4v) is 2.40. The molecular formula is C15H22N2O3. The molecule has 1 aromatic rings. The topological polar surface area (TPSA) is 42.0 Å². The van der Waals surface area contributed by atoms with Gasteiger partial charge in [-0.1, -0.05) is 12.1 Å². The number of benzene rings is 1. The number of rotatable bonds is 4. The summed E-state index contributed by atoms with van der Waals surface area (Å²) < 4.78 is 9.96. The van der Waals surface area contributed by atoms with E-state index in [4.69, 9.17) is 9.47 Å². The zero-order valence-corrected chi connectivity index (χ0v) is 12.2. The summed E-state index contributed by atoms with van der Waals surface area (Å²) in [5, 5.41) is 0. The van der Waals surface area contributed by atoms with Gasteiger partial charge in [0.25, 0.3) is 0 Å². The zero-order valence-electron chi connectivity index (χ0n) is 12.2. The van der Waals surface area contributed by atoms with Crippen LogP contribution in [-0.2, 0) is 11.2 Å². The minimum Gasteiger partial charge on any atom is -0.497 e. The molecule has 1 aliphatic rings. The highest BCUT2D eigenvalue weighted by atomic mass is 16.5. The lowest BCUT2D eigenvalue weighted by Gasteiger charge is -2.33. The lowest BCUT2D eigenvalue weighted by Crippen LogP contribution is -2.49. The van der Waals surface area contributed by atoms with Gasteiger partial charge in [-0.3, -0.25) is 4.90 Å². The van der Waals surface area contributed by atoms with E-state index in [2.05, 4.69) is 17.0 Å². The third-order valence-corrected chi connectivity index (χ3v) is 3.66. The van der Waals surface area contributed by atoms with E-state index in [1.807, 2.05) is 12.1 Å². The van der Waals surface area contributed by atoms with Gasteiger partial charge in [0.1, 0.15) is 5.75 Å². The van der Waals surface area contributed by atoms with Gasteiger partial charge in [-0.25, -0.2) is 4.79 Å². The molecule has 1 aromatic carbocycles. The molecular weight excluding hydrogens is 256 g/mol. The van der Waals surface area contributed by atoms with Gasteiger partial charge >= 0.3 is 6.09 Å². The van der Waals surface area contributed by atoms with E-state index in [1.165, 1.54) is 12.7 Å². The Balaban J connectivity index is 1.77. The third-order valence-electron chi connectivity index (χ3n) is 3.66. The zero-order chi connectivity index (χ0) is 14.4. The number of hydrogen-bond acceptors (Lipinski definition) is 4. The predicted molar refractivity (Wildman–Crippen MR) is 77.1 cm³/mol. The van der Waals surface area contributed by atoms with Gasteiger partial charge in [0.2, 0.25) is 0 Å². The van der Waals surface area contributed by atoms with Crippen LogP contribution in [0.2, 0.25) is 0 Å². The van der Waals surface area contributed by atoms with E-state index < -0.39 is 0 Å². The lowest BCUT2D eigenvalue weighted by atomic mass is 10.1. The molecule has 0 aromatic heterocycles. The van der Waals surface area contributed by atoms with E-state index in [0.29, 0.717) is 0 Å². The van der Waals surface area contributed by atoms with Crippen molar-refractivity contribution in [1.82, 2.24) is 9.80 Å². The number of ether oxygens (including phenoxy) is 2. The first-order valence-electron chi connectivity index (χ1n) is 6.91. The van der Waals surface area contributed by atoms with Crippen LogP contribution < -0.4 is 4.74 Å². The fourth-order valence-electron chi connectivity index (χ4n) is 2.40. The van der Waals surface area contributed by atoms with E-state index in [1.54, 1.807) is 12.0 Å². The summed E-state index contributed by atoms with van der Waals surface area (Å²) in [6.45, 7) is 4.29. The van der Waals surface area contributed by atoms with Crippen molar-refractivity contribution in [1.29, 1.82) is 0 Å². The van der Waals surface area contributed by atoms with Crippen LogP contribution in [0.4, 0.5) is 4.79 Å². The second-order valence-electron chi connectivity index (χ2n) is 4.90. The summed E-state index contributed by atoms with van der Waals surface area (Å²) in [5.74, 6) is 0.901. The van der Waals surface area contributed by atoms with E-state index in [-0.39, 0.29) is 6.09 Å². The van der Waals surface area contributed by atoms with Gasteiger partial charge in [0, 0.05) is 32.7 Å².